The lowest BCUT2D eigenvalue weighted by Gasteiger charge is -2.18. The van der Waals surface area contributed by atoms with Gasteiger partial charge >= 0.3 is 0 Å². The van der Waals surface area contributed by atoms with Crippen molar-refractivity contribution >= 4 is 17.5 Å². The molecule has 1 atom stereocenters. The van der Waals surface area contributed by atoms with Crippen molar-refractivity contribution in [2.45, 2.75) is 26.4 Å². The van der Waals surface area contributed by atoms with Gasteiger partial charge in [-0.1, -0.05) is 11.6 Å². The number of nitrogens with zero attached hydrogens (tertiary/aromatic N) is 2. The van der Waals surface area contributed by atoms with Gasteiger partial charge in [0.05, 0.1) is 18.3 Å². The number of hydrogen-bond donors (Lipinski definition) is 1. The lowest BCUT2D eigenvalue weighted by atomic mass is 10.2. The maximum Gasteiger partial charge on any atom is 0.255 e. The van der Waals surface area contributed by atoms with Crippen molar-refractivity contribution in [3.8, 4) is 5.88 Å². The molecule has 1 amide bonds. The third kappa shape index (κ3) is 4.69. The fourth-order valence-electron chi connectivity index (χ4n) is 1.49. The van der Waals surface area contributed by atoms with Gasteiger partial charge in [0.25, 0.3) is 5.91 Å². The number of carbonyl (C=O) groups is 1. The summed E-state index contributed by atoms with van der Waals surface area (Å²) in [6.07, 6.45) is 1.54. The summed E-state index contributed by atoms with van der Waals surface area (Å²) < 4.78 is 5.21. The highest BCUT2D eigenvalue weighted by Crippen LogP contribution is 2.22. The lowest BCUT2D eigenvalue weighted by Crippen LogP contribution is -2.29. The summed E-state index contributed by atoms with van der Waals surface area (Å²) >= 11 is 5.99. The SMILES string of the molecule is CCOc1ncc(C(=O)N(C)CCC(C)O)cc1Cl. The average Bonchev–Trinajstić information content (AvgIpc) is 2.37. The van der Waals surface area contributed by atoms with Crippen molar-refractivity contribution < 1.29 is 14.6 Å². The molecular weight excluding hydrogens is 268 g/mol. The zero-order valence-electron chi connectivity index (χ0n) is 11.4. The van der Waals surface area contributed by atoms with Crippen molar-refractivity contribution in [2.75, 3.05) is 20.2 Å². The molecule has 0 bridgehead atoms. The number of pyridine rings is 1. The zero-order chi connectivity index (χ0) is 14.4. The predicted octanol–water partition coefficient (Wildman–Crippen LogP) is 1.98. The van der Waals surface area contributed by atoms with Gasteiger partial charge < -0.3 is 14.7 Å². The Morgan fingerprint density at radius 1 is 1.63 bits per heavy atom. The fourth-order valence-corrected chi connectivity index (χ4v) is 1.71. The van der Waals surface area contributed by atoms with Crippen molar-refractivity contribution in [1.82, 2.24) is 9.88 Å². The van der Waals surface area contributed by atoms with Crippen LogP contribution in [0.2, 0.25) is 5.02 Å². The Labute approximate surface area is 118 Å². The Bertz CT molecular complexity index is 438. The molecule has 0 fully saturated rings. The third-order valence-corrected chi connectivity index (χ3v) is 2.84. The van der Waals surface area contributed by atoms with Gasteiger partial charge in [0.15, 0.2) is 0 Å². The van der Waals surface area contributed by atoms with Gasteiger partial charge in [-0.25, -0.2) is 4.98 Å². The van der Waals surface area contributed by atoms with Crippen LogP contribution in [0.1, 0.15) is 30.6 Å². The first-order chi connectivity index (χ1) is 8.95. The van der Waals surface area contributed by atoms with E-state index in [4.69, 9.17) is 16.3 Å². The minimum absolute atomic E-state index is 0.182. The second kappa shape index (κ2) is 7.31. The molecule has 5 nitrogen and oxygen atoms in total. The Balaban J connectivity index is 2.74. The molecule has 6 heteroatoms. The lowest BCUT2D eigenvalue weighted by molar-refractivity contribution is 0.0768. The Morgan fingerprint density at radius 3 is 2.84 bits per heavy atom. The predicted molar refractivity (Wildman–Crippen MR) is 73.7 cm³/mol. The minimum atomic E-state index is -0.433. The van der Waals surface area contributed by atoms with E-state index in [0.29, 0.717) is 36.0 Å². The number of carbonyl (C=O) groups excluding carboxylic acids is 1. The summed E-state index contributed by atoms with van der Waals surface area (Å²) in [6, 6.07) is 1.54. The Hall–Kier alpha value is -1.33. The number of rotatable bonds is 6. The number of aliphatic hydroxyl groups excluding tert-OH is 1. The molecule has 0 aliphatic carbocycles. The van der Waals surface area contributed by atoms with Crippen LogP contribution in [0.4, 0.5) is 0 Å². The molecule has 1 aromatic heterocycles. The molecule has 1 aromatic rings. The first-order valence-electron chi connectivity index (χ1n) is 6.17. The number of amides is 1. The second-order valence-corrected chi connectivity index (χ2v) is 4.72. The molecule has 1 N–H and O–H groups in total. The standard InChI is InChI=1S/C13H19ClN2O3/c1-4-19-12-11(14)7-10(8-15-12)13(18)16(3)6-5-9(2)17/h7-9,17H,4-6H2,1-3H3. The van der Waals surface area contributed by atoms with Gasteiger partial charge in [0.2, 0.25) is 5.88 Å². The van der Waals surface area contributed by atoms with Crippen molar-refractivity contribution in [3.05, 3.63) is 22.8 Å². The van der Waals surface area contributed by atoms with E-state index >= 15 is 0 Å². The maximum absolute atomic E-state index is 12.1. The maximum atomic E-state index is 12.1. The molecule has 106 valence electrons. The molecule has 0 aromatic carbocycles. The van der Waals surface area contributed by atoms with Crippen LogP contribution in [-0.4, -0.2) is 47.2 Å². The summed E-state index contributed by atoms with van der Waals surface area (Å²) in [5.74, 6) is 0.144. The normalized spacial score (nSPS) is 12.1. The summed E-state index contributed by atoms with van der Waals surface area (Å²) in [6.45, 7) is 4.46. The minimum Gasteiger partial charge on any atom is -0.477 e. The van der Waals surface area contributed by atoms with Crippen LogP contribution >= 0.6 is 11.6 Å². The quantitative estimate of drug-likeness (QED) is 0.868. The molecule has 19 heavy (non-hydrogen) atoms. The summed E-state index contributed by atoms with van der Waals surface area (Å²) in [7, 11) is 1.68. The van der Waals surface area contributed by atoms with Crippen LogP contribution in [0.25, 0.3) is 0 Å². The molecule has 1 rings (SSSR count). The number of aromatic nitrogens is 1. The van der Waals surface area contributed by atoms with E-state index < -0.39 is 6.10 Å². The molecule has 0 aliphatic heterocycles. The van der Waals surface area contributed by atoms with Crippen LogP contribution in [-0.2, 0) is 0 Å². The Kier molecular flexibility index (Phi) is 6.05. The van der Waals surface area contributed by atoms with Gasteiger partial charge in [-0.05, 0) is 26.3 Å². The highest BCUT2D eigenvalue weighted by Gasteiger charge is 2.15. The van der Waals surface area contributed by atoms with Gasteiger partial charge in [-0.3, -0.25) is 4.79 Å². The monoisotopic (exact) mass is 286 g/mol. The first kappa shape index (κ1) is 15.7. The summed E-state index contributed by atoms with van der Waals surface area (Å²) in [4.78, 5) is 17.6. The molecule has 0 radical (unpaired) electrons. The molecular formula is C13H19ClN2O3. The molecule has 0 saturated heterocycles. The highest BCUT2D eigenvalue weighted by atomic mass is 35.5. The Morgan fingerprint density at radius 2 is 2.32 bits per heavy atom. The van der Waals surface area contributed by atoms with Crippen LogP contribution in [0.15, 0.2) is 12.3 Å². The van der Waals surface area contributed by atoms with Gasteiger partial charge in [0, 0.05) is 19.8 Å². The highest BCUT2D eigenvalue weighted by molar-refractivity contribution is 6.32. The molecule has 1 unspecified atom stereocenters. The summed E-state index contributed by atoms with van der Waals surface area (Å²) in [5.41, 5.74) is 0.404. The topological polar surface area (TPSA) is 62.7 Å². The van der Waals surface area contributed by atoms with E-state index in [1.54, 1.807) is 20.0 Å². The smallest absolute Gasteiger partial charge is 0.255 e. The van der Waals surface area contributed by atoms with Gasteiger partial charge in [0.1, 0.15) is 5.02 Å². The van der Waals surface area contributed by atoms with Crippen molar-refractivity contribution in [3.63, 3.8) is 0 Å². The number of hydrogen-bond acceptors (Lipinski definition) is 4. The van der Waals surface area contributed by atoms with Crippen LogP contribution in [0.3, 0.4) is 0 Å². The number of halogens is 1. The second-order valence-electron chi connectivity index (χ2n) is 4.31. The van der Waals surface area contributed by atoms with E-state index in [-0.39, 0.29) is 5.91 Å². The molecule has 0 spiro atoms. The molecule has 0 saturated carbocycles. The molecule has 1 heterocycles. The van der Waals surface area contributed by atoms with Crippen LogP contribution in [0, 0.1) is 0 Å². The van der Waals surface area contributed by atoms with E-state index in [9.17, 15) is 9.90 Å². The van der Waals surface area contributed by atoms with Gasteiger partial charge in [-0.15, -0.1) is 0 Å². The van der Waals surface area contributed by atoms with E-state index in [0.717, 1.165) is 0 Å². The van der Waals surface area contributed by atoms with E-state index in [2.05, 4.69) is 4.98 Å². The molecule has 0 aliphatic rings. The van der Waals surface area contributed by atoms with E-state index in [1.165, 1.54) is 11.1 Å². The van der Waals surface area contributed by atoms with Crippen molar-refractivity contribution in [1.29, 1.82) is 0 Å². The number of aliphatic hydroxyl groups is 1. The average molecular weight is 287 g/mol. The number of ether oxygens (including phenoxy) is 1. The van der Waals surface area contributed by atoms with Crippen LogP contribution < -0.4 is 4.74 Å². The fraction of sp³-hybridized carbons (Fsp3) is 0.538. The van der Waals surface area contributed by atoms with Crippen molar-refractivity contribution in [2.24, 2.45) is 0 Å². The van der Waals surface area contributed by atoms with Crippen LogP contribution in [0.5, 0.6) is 5.88 Å². The largest absolute Gasteiger partial charge is 0.477 e. The first-order valence-corrected chi connectivity index (χ1v) is 6.55. The third-order valence-electron chi connectivity index (χ3n) is 2.56. The zero-order valence-corrected chi connectivity index (χ0v) is 12.1. The van der Waals surface area contributed by atoms with Gasteiger partial charge in [-0.2, -0.15) is 0 Å². The van der Waals surface area contributed by atoms with E-state index in [1.807, 2.05) is 6.92 Å². The summed E-state index contributed by atoms with van der Waals surface area (Å²) in [5, 5.41) is 9.52.